The summed E-state index contributed by atoms with van der Waals surface area (Å²) in [5.74, 6) is 0.336. The summed E-state index contributed by atoms with van der Waals surface area (Å²) >= 11 is 0. The Bertz CT molecular complexity index is 402. The molecule has 0 amide bonds. The Kier molecular flexibility index (Phi) is 5.19. The van der Waals surface area contributed by atoms with Gasteiger partial charge in [0.15, 0.2) is 0 Å². The molecule has 0 fully saturated rings. The van der Waals surface area contributed by atoms with Crippen molar-refractivity contribution in [3.05, 3.63) is 29.3 Å². The fourth-order valence-corrected chi connectivity index (χ4v) is 2.83. The van der Waals surface area contributed by atoms with Gasteiger partial charge in [-0.05, 0) is 48.9 Å². The Labute approximate surface area is 114 Å². The van der Waals surface area contributed by atoms with Gasteiger partial charge in [0.2, 0.25) is 0 Å². The van der Waals surface area contributed by atoms with Gasteiger partial charge in [-0.3, -0.25) is 0 Å². The second kappa shape index (κ2) is 6.89. The van der Waals surface area contributed by atoms with Gasteiger partial charge in [-0.25, -0.2) is 0 Å². The predicted molar refractivity (Wildman–Crippen MR) is 74.3 cm³/mol. The van der Waals surface area contributed by atoms with Crippen molar-refractivity contribution in [3.63, 3.8) is 0 Å². The number of phenolic OH excluding ortho intramolecular Hbond substituents is 1. The fourth-order valence-electron chi connectivity index (χ4n) is 2.83. The first-order chi connectivity index (χ1) is 9.24. The average molecular weight is 265 g/mol. The summed E-state index contributed by atoms with van der Waals surface area (Å²) in [4.78, 5) is 0. The first-order valence-electron chi connectivity index (χ1n) is 6.92. The molecule has 106 valence electrons. The largest absolute Gasteiger partial charge is 0.508 e. The highest BCUT2D eigenvalue weighted by Crippen LogP contribution is 2.32. The summed E-state index contributed by atoms with van der Waals surface area (Å²) in [6.45, 7) is 0.765. The molecule has 4 heteroatoms. The summed E-state index contributed by atoms with van der Waals surface area (Å²) in [5.41, 5.74) is 2.49. The maximum atomic E-state index is 9.55. The number of hydrogen-bond donors (Lipinski definition) is 3. The molecule has 2 atom stereocenters. The molecule has 0 radical (unpaired) electrons. The minimum Gasteiger partial charge on any atom is -0.508 e. The number of aromatic hydroxyl groups is 1. The smallest absolute Gasteiger partial charge is 0.115 e. The van der Waals surface area contributed by atoms with E-state index in [9.17, 15) is 5.11 Å². The third-order valence-electron chi connectivity index (χ3n) is 3.72. The lowest BCUT2D eigenvalue weighted by atomic mass is 9.87. The van der Waals surface area contributed by atoms with E-state index in [1.165, 1.54) is 11.1 Å². The predicted octanol–water partition coefficient (Wildman–Crippen LogP) is 1.76. The number of rotatable bonds is 6. The SMILES string of the molecule is COCC(CCO)NC1CCCc2cc(O)ccc21. The van der Waals surface area contributed by atoms with Crippen LogP contribution in [0.5, 0.6) is 5.75 Å². The zero-order chi connectivity index (χ0) is 13.7. The summed E-state index contributed by atoms with van der Waals surface area (Å²) in [7, 11) is 1.68. The van der Waals surface area contributed by atoms with Crippen molar-refractivity contribution < 1.29 is 14.9 Å². The topological polar surface area (TPSA) is 61.7 Å². The van der Waals surface area contributed by atoms with Gasteiger partial charge in [0.25, 0.3) is 0 Å². The van der Waals surface area contributed by atoms with Crippen LogP contribution in [0, 0.1) is 0 Å². The first-order valence-corrected chi connectivity index (χ1v) is 6.92. The Morgan fingerprint density at radius 2 is 2.32 bits per heavy atom. The van der Waals surface area contributed by atoms with E-state index in [1.54, 1.807) is 13.2 Å². The summed E-state index contributed by atoms with van der Waals surface area (Å²) in [6, 6.07) is 6.07. The van der Waals surface area contributed by atoms with Crippen molar-refractivity contribution in [2.45, 2.75) is 37.8 Å². The monoisotopic (exact) mass is 265 g/mol. The quantitative estimate of drug-likeness (QED) is 0.733. The molecule has 19 heavy (non-hydrogen) atoms. The molecule has 2 rings (SSSR count). The maximum Gasteiger partial charge on any atom is 0.115 e. The highest BCUT2D eigenvalue weighted by Gasteiger charge is 2.22. The highest BCUT2D eigenvalue weighted by molar-refractivity contribution is 5.38. The van der Waals surface area contributed by atoms with E-state index in [-0.39, 0.29) is 18.7 Å². The summed E-state index contributed by atoms with van der Waals surface area (Å²) < 4.78 is 5.19. The van der Waals surface area contributed by atoms with Crippen molar-refractivity contribution in [2.24, 2.45) is 0 Å². The Morgan fingerprint density at radius 3 is 3.05 bits per heavy atom. The number of methoxy groups -OCH3 is 1. The van der Waals surface area contributed by atoms with Crippen molar-refractivity contribution in [1.29, 1.82) is 0 Å². The van der Waals surface area contributed by atoms with Crippen LogP contribution >= 0.6 is 0 Å². The number of fused-ring (bicyclic) bond motifs is 1. The molecule has 1 aliphatic carbocycles. The van der Waals surface area contributed by atoms with Crippen LogP contribution in [0.3, 0.4) is 0 Å². The number of aryl methyl sites for hydroxylation is 1. The molecular weight excluding hydrogens is 242 g/mol. The Hall–Kier alpha value is -1.10. The van der Waals surface area contributed by atoms with Crippen LogP contribution in [0.25, 0.3) is 0 Å². The molecule has 3 N–H and O–H groups in total. The van der Waals surface area contributed by atoms with E-state index in [0.717, 1.165) is 19.3 Å². The fraction of sp³-hybridized carbons (Fsp3) is 0.600. The third kappa shape index (κ3) is 3.69. The summed E-state index contributed by atoms with van der Waals surface area (Å²) in [5, 5.41) is 22.2. The minimum absolute atomic E-state index is 0.163. The number of benzene rings is 1. The van der Waals surface area contributed by atoms with Gasteiger partial charge in [0.05, 0.1) is 6.61 Å². The zero-order valence-corrected chi connectivity index (χ0v) is 11.4. The molecule has 0 saturated heterocycles. The van der Waals surface area contributed by atoms with E-state index in [4.69, 9.17) is 9.84 Å². The molecule has 0 saturated carbocycles. The maximum absolute atomic E-state index is 9.55. The molecule has 0 bridgehead atoms. The van der Waals surface area contributed by atoms with Crippen molar-refractivity contribution in [2.75, 3.05) is 20.3 Å². The second-order valence-corrected chi connectivity index (χ2v) is 5.16. The number of hydrogen-bond acceptors (Lipinski definition) is 4. The van der Waals surface area contributed by atoms with Gasteiger partial charge in [0, 0.05) is 25.8 Å². The van der Waals surface area contributed by atoms with Crippen LogP contribution in [0.4, 0.5) is 0 Å². The van der Waals surface area contributed by atoms with Gasteiger partial charge in [-0.1, -0.05) is 6.07 Å². The van der Waals surface area contributed by atoms with E-state index < -0.39 is 0 Å². The lowest BCUT2D eigenvalue weighted by Gasteiger charge is -2.30. The third-order valence-corrected chi connectivity index (χ3v) is 3.72. The number of ether oxygens (including phenoxy) is 1. The normalized spacial score (nSPS) is 20.0. The van der Waals surface area contributed by atoms with Gasteiger partial charge < -0.3 is 20.3 Å². The van der Waals surface area contributed by atoms with E-state index in [0.29, 0.717) is 18.8 Å². The van der Waals surface area contributed by atoms with Crippen LogP contribution in [0.15, 0.2) is 18.2 Å². The number of aliphatic hydroxyl groups excluding tert-OH is 1. The molecule has 0 aromatic heterocycles. The molecule has 4 nitrogen and oxygen atoms in total. The molecule has 0 aliphatic heterocycles. The molecule has 0 spiro atoms. The van der Waals surface area contributed by atoms with Crippen LogP contribution in [0.2, 0.25) is 0 Å². The van der Waals surface area contributed by atoms with E-state index >= 15 is 0 Å². The minimum atomic E-state index is 0.163. The lowest BCUT2D eigenvalue weighted by molar-refractivity contribution is 0.140. The molecule has 1 aliphatic rings. The van der Waals surface area contributed by atoms with Crippen LogP contribution in [-0.4, -0.2) is 36.6 Å². The Balaban J connectivity index is 2.09. The second-order valence-electron chi connectivity index (χ2n) is 5.16. The van der Waals surface area contributed by atoms with E-state index in [1.807, 2.05) is 12.1 Å². The van der Waals surface area contributed by atoms with Gasteiger partial charge in [0.1, 0.15) is 5.75 Å². The van der Waals surface area contributed by atoms with Crippen molar-refractivity contribution in [1.82, 2.24) is 5.32 Å². The highest BCUT2D eigenvalue weighted by atomic mass is 16.5. The lowest BCUT2D eigenvalue weighted by Crippen LogP contribution is -2.38. The molecule has 1 aromatic rings. The molecule has 1 aromatic carbocycles. The molecule has 2 unspecified atom stereocenters. The van der Waals surface area contributed by atoms with Crippen molar-refractivity contribution in [3.8, 4) is 5.75 Å². The van der Waals surface area contributed by atoms with E-state index in [2.05, 4.69) is 5.32 Å². The standard InChI is InChI=1S/C15H23NO3/c1-19-10-12(7-8-17)16-15-4-2-3-11-9-13(18)5-6-14(11)15/h5-6,9,12,15-18H,2-4,7-8,10H2,1H3. The number of aliphatic hydroxyl groups is 1. The van der Waals surface area contributed by atoms with Crippen LogP contribution < -0.4 is 5.32 Å². The number of phenols is 1. The van der Waals surface area contributed by atoms with Gasteiger partial charge in [-0.15, -0.1) is 0 Å². The molecular formula is C15H23NO3. The Morgan fingerprint density at radius 1 is 1.47 bits per heavy atom. The first kappa shape index (κ1) is 14.3. The molecule has 0 heterocycles. The number of nitrogens with one attached hydrogen (secondary N) is 1. The average Bonchev–Trinajstić information content (AvgIpc) is 2.39. The summed E-state index contributed by atoms with van der Waals surface area (Å²) in [6.07, 6.45) is 3.92. The van der Waals surface area contributed by atoms with Gasteiger partial charge >= 0.3 is 0 Å². The van der Waals surface area contributed by atoms with Crippen LogP contribution in [-0.2, 0) is 11.2 Å². The van der Waals surface area contributed by atoms with Crippen molar-refractivity contribution >= 4 is 0 Å². The zero-order valence-electron chi connectivity index (χ0n) is 11.4. The van der Waals surface area contributed by atoms with Gasteiger partial charge in [-0.2, -0.15) is 0 Å². The van der Waals surface area contributed by atoms with Crippen LogP contribution in [0.1, 0.15) is 36.4 Å².